The molecule has 0 aliphatic heterocycles. The van der Waals surface area contributed by atoms with Gasteiger partial charge in [-0.15, -0.1) is 0 Å². The summed E-state index contributed by atoms with van der Waals surface area (Å²) in [5, 5.41) is 3.54. The molecule has 0 fully saturated rings. The third-order valence-electron chi connectivity index (χ3n) is 2.86. The number of hydrogen-bond donors (Lipinski definition) is 2. The topological polar surface area (TPSA) is 80.5 Å². The maximum Gasteiger partial charge on any atom is 0.265 e. The molecule has 0 radical (unpaired) electrons. The zero-order chi connectivity index (χ0) is 15.4. The number of nitrogen functional groups attached to an aromatic ring is 1. The summed E-state index contributed by atoms with van der Waals surface area (Å²) < 4.78 is 5.25. The highest BCUT2D eigenvalue weighted by Gasteiger charge is 2.17. The Hall–Kier alpha value is -2.28. The minimum Gasteiger partial charge on any atom is -0.496 e. The number of ether oxygens (including phenoxy) is 1. The number of amides is 1. The van der Waals surface area contributed by atoms with E-state index in [1.54, 1.807) is 7.11 Å². The van der Waals surface area contributed by atoms with E-state index in [9.17, 15) is 4.79 Å². The molecule has 7 heteroatoms. The number of para-hydroxylation sites is 1. The highest BCUT2D eigenvalue weighted by Crippen LogP contribution is 2.26. The first-order chi connectivity index (χ1) is 10.0. The van der Waals surface area contributed by atoms with Gasteiger partial charge < -0.3 is 20.7 Å². The number of nitrogens with two attached hydrogens (primary N) is 1. The molecule has 0 spiro atoms. The van der Waals surface area contributed by atoms with E-state index in [2.05, 4.69) is 10.3 Å². The van der Waals surface area contributed by atoms with Crippen molar-refractivity contribution < 1.29 is 9.53 Å². The minimum atomic E-state index is -0.232. The molecule has 0 saturated carbocycles. The van der Waals surface area contributed by atoms with Crippen LogP contribution in [0.25, 0.3) is 0 Å². The molecular formula is C14H18N4O2S. The molecule has 2 rings (SSSR count). The van der Waals surface area contributed by atoms with E-state index >= 15 is 0 Å². The smallest absolute Gasteiger partial charge is 0.265 e. The van der Waals surface area contributed by atoms with Crippen LogP contribution in [0, 0.1) is 0 Å². The van der Waals surface area contributed by atoms with E-state index in [4.69, 9.17) is 10.5 Å². The van der Waals surface area contributed by atoms with Crippen LogP contribution >= 0.6 is 11.3 Å². The van der Waals surface area contributed by atoms with Gasteiger partial charge in [0.15, 0.2) is 5.13 Å². The van der Waals surface area contributed by atoms with Gasteiger partial charge in [-0.3, -0.25) is 4.79 Å². The molecule has 1 heterocycles. The molecule has 1 aromatic carbocycles. The average molecular weight is 306 g/mol. The number of carbonyl (C=O) groups excluding carboxylic acids is 1. The fourth-order valence-corrected chi connectivity index (χ4v) is 2.60. The lowest BCUT2D eigenvalue weighted by molar-refractivity contribution is 0.0955. The number of aromatic nitrogens is 1. The van der Waals surface area contributed by atoms with Crippen molar-refractivity contribution in [2.75, 3.05) is 31.8 Å². The van der Waals surface area contributed by atoms with Crippen LogP contribution < -0.4 is 20.7 Å². The van der Waals surface area contributed by atoms with E-state index < -0.39 is 0 Å². The second-order valence-corrected chi connectivity index (χ2v) is 5.58. The lowest BCUT2D eigenvalue weighted by Crippen LogP contribution is -2.23. The molecule has 112 valence electrons. The maximum atomic E-state index is 12.2. The molecule has 0 aliphatic carbocycles. The van der Waals surface area contributed by atoms with Gasteiger partial charge in [-0.05, 0) is 6.07 Å². The minimum absolute atomic E-state index is 0.232. The highest BCUT2D eigenvalue weighted by atomic mass is 32.1. The predicted octanol–water partition coefficient (Wildman–Crippen LogP) is 1.73. The summed E-state index contributed by atoms with van der Waals surface area (Å²) in [6.45, 7) is 0.373. The summed E-state index contributed by atoms with van der Waals surface area (Å²) >= 11 is 1.27. The molecule has 2 aromatic rings. The number of rotatable bonds is 5. The Balaban J connectivity index is 2.08. The zero-order valence-electron chi connectivity index (χ0n) is 12.2. The van der Waals surface area contributed by atoms with Crippen molar-refractivity contribution in [2.24, 2.45) is 0 Å². The number of thiazole rings is 1. The van der Waals surface area contributed by atoms with E-state index in [1.165, 1.54) is 11.3 Å². The number of anilines is 2. The molecule has 3 N–H and O–H groups in total. The standard InChI is InChI=1S/C14H18N4O2S/c1-18(2)14-17-12(15)11(21-14)13(19)16-8-9-6-4-5-7-10(9)20-3/h4-7H,8,15H2,1-3H3,(H,16,19). The van der Waals surface area contributed by atoms with Gasteiger partial charge in [0, 0.05) is 26.2 Å². The zero-order valence-corrected chi connectivity index (χ0v) is 13.0. The van der Waals surface area contributed by atoms with Gasteiger partial charge in [0.05, 0.1) is 7.11 Å². The van der Waals surface area contributed by atoms with Gasteiger partial charge in [-0.2, -0.15) is 0 Å². The van der Waals surface area contributed by atoms with Gasteiger partial charge in [-0.25, -0.2) is 4.98 Å². The Labute approximate surface area is 127 Å². The maximum absolute atomic E-state index is 12.2. The summed E-state index contributed by atoms with van der Waals surface area (Å²) in [6.07, 6.45) is 0. The average Bonchev–Trinajstić information content (AvgIpc) is 2.87. The summed E-state index contributed by atoms with van der Waals surface area (Å²) in [4.78, 5) is 18.6. The monoisotopic (exact) mass is 306 g/mol. The number of carbonyl (C=O) groups is 1. The van der Waals surface area contributed by atoms with Crippen LogP contribution in [0.2, 0.25) is 0 Å². The lowest BCUT2D eigenvalue weighted by atomic mass is 10.2. The predicted molar refractivity (Wildman–Crippen MR) is 85.0 cm³/mol. The Morgan fingerprint density at radius 2 is 2.14 bits per heavy atom. The van der Waals surface area contributed by atoms with Crippen molar-refractivity contribution >= 4 is 28.2 Å². The molecule has 0 bridgehead atoms. The molecule has 0 aliphatic rings. The molecular weight excluding hydrogens is 288 g/mol. The van der Waals surface area contributed by atoms with E-state index in [0.717, 1.165) is 11.3 Å². The van der Waals surface area contributed by atoms with Gasteiger partial charge in [0.25, 0.3) is 5.91 Å². The van der Waals surface area contributed by atoms with Crippen molar-refractivity contribution in [3.63, 3.8) is 0 Å². The summed E-state index contributed by atoms with van der Waals surface area (Å²) in [6, 6.07) is 7.54. The van der Waals surface area contributed by atoms with Crippen LogP contribution in [0.4, 0.5) is 10.9 Å². The number of methoxy groups -OCH3 is 1. The number of benzene rings is 1. The van der Waals surface area contributed by atoms with Crippen molar-refractivity contribution in [2.45, 2.75) is 6.54 Å². The summed E-state index contributed by atoms with van der Waals surface area (Å²) in [7, 11) is 5.31. The third-order valence-corrected chi connectivity index (χ3v) is 4.10. The Morgan fingerprint density at radius 3 is 2.76 bits per heavy atom. The van der Waals surface area contributed by atoms with Crippen LogP contribution in [0.1, 0.15) is 15.2 Å². The van der Waals surface area contributed by atoms with Crippen LogP contribution in [0.5, 0.6) is 5.75 Å². The molecule has 0 saturated heterocycles. The Morgan fingerprint density at radius 1 is 1.43 bits per heavy atom. The van der Waals surface area contributed by atoms with E-state index in [0.29, 0.717) is 16.6 Å². The number of hydrogen-bond acceptors (Lipinski definition) is 6. The molecule has 1 amide bonds. The largest absolute Gasteiger partial charge is 0.496 e. The van der Waals surface area contributed by atoms with Crippen LogP contribution in [0.3, 0.4) is 0 Å². The van der Waals surface area contributed by atoms with Crippen molar-refractivity contribution in [3.05, 3.63) is 34.7 Å². The fraction of sp³-hybridized carbons (Fsp3) is 0.286. The summed E-state index contributed by atoms with van der Waals surface area (Å²) in [5.41, 5.74) is 6.70. The first-order valence-electron chi connectivity index (χ1n) is 6.36. The van der Waals surface area contributed by atoms with E-state index in [-0.39, 0.29) is 11.7 Å². The van der Waals surface area contributed by atoms with Crippen molar-refractivity contribution in [1.29, 1.82) is 0 Å². The van der Waals surface area contributed by atoms with Gasteiger partial charge >= 0.3 is 0 Å². The van der Waals surface area contributed by atoms with Crippen molar-refractivity contribution in [3.8, 4) is 5.75 Å². The second-order valence-electron chi connectivity index (χ2n) is 4.60. The fourth-order valence-electron chi connectivity index (χ4n) is 1.78. The molecule has 0 atom stereocenters. The van der Waals surface area contributed by atoms with Gasteiger partial charge in [0.1, 0.15) is 16.4 Å². The highest BCUT2D eigenvalue weighted by molar-refractivity contribution is 7.18. The Bertz CT molecular complexity index is 640. The SMILES string of the molecule is COc1ccccc1CNC(=O)c1sc(N(C)C)nc1N. The number of nitrogens with one attached hydrogen (secondary N) is 1. The second kappa shape index (κ2) is 6.45. The van der Waals surface area contributed by atoms with Crippen LogP contribution in [0.15, 0.2) is 24.3 Å². The van der Waals surface area contributed by atoms with Gasteiger partial charge in [0.2, 0.25) is 0 Å². The molecule has 1 aromatic heterocycles. The van der Waals surface area contributed by atoms with Crippen molar-refractivity contribution in [1.82, 2.24) is 10.3 Å². The third kappa shape index (κ3) is 3.43. The van der Waals surface area contributed by atoms with Gasteiger partial charge in [-0.1, -0.05) is 29.5 Å². The number of nitrogens with zero attached hydrogens (tertiary/aromatic N) is 2. The first kappa shape index (κ1) is 15.1. The molecule has 6 nitrogen and oxygen atoms in total. The molecule has 21 heavy (non-hydrogen) atoms. The van der Waals surface area contributed by atoms with Crippen LogP contribution in [-0.4, -0.2) is 32.1 Å². The van der Waals surface area contributed by atoms with Crippen LogP contribution in [-0.2, 0) is 6.54 Å². The first-order valence-corrected chi connectivity index (χ1v) is 7.18. The molecule has 0 unspecified atom stereocenters. The van der Waals surface area contributed by atoms with E-state index in [1.807, 2.05) is 43.3 Å². The summed E-state index contributed by atoms with van der Waals surface area (Å²) in [5.74, 6) is 0.759. The normalized spacial score (nSPS) is 10.2. The Kier molecular flexibility index (Phi) is 4.64. The lowest BCUT2D eigenvalue weighted by Gasteiger charge is -2.09. The quantitative estimate of drug-likeness (QED) is 0.879.